The summed E-state index contributed by atoms with van der Waals surface area (Å²) < 4.78 is 0. The van der Waals surface area contributed by atoms with Gasteiger partial charge in [-0.1, -0.05) is 25.6 Å². The number of rotatable bonds is 6. The molecule has 3 nitrogen and oxygen atoms in total. The van der Waals surface area contributed by atoms with Crippen molar-refractivity contribution in [2.75, 3.05) is 23.8 Å². The van der Waals surface area contributed by atoms with Gasteiger partial charge in [-0.05, 0) is 6.42 Å². The van der Waals surface area contributed by atoms with E-state index in [1.54, 1.807) is 0 Å². The Morgan fingerprint density at radius 3 is 2.88 bits per heavy atom. The Kier molecular flexibility index (Phi) is 7.30. The van der Waals surface area contributed by atoms with Gasteiger partial charge in [-0.2, -0.15) is 23.5 Å². The standard InChI is InChI=1S/C11H20N2OS3/c1-2-3-9(10(12)15)11(14)13-6-8-7-16-4-5-17-8/h8-9H,2-7H2,1H3,(H2,12,15)(H,13,14). The number of thioether (sulfide) groups is 2. The minimum atomic E-state index is -0.295. The molecule has 2 atom stereocenters. The summed E-state index contributed by atoms with van der Waals surface area (Å²) in [6.45, 7) is 2.77. The summed E-state index contributed by atoms with van der Waals surface area (Å²) in [6, 6.07) is 0. The quantitative estimate of drug-likeness (QED) is 0.729. The second kappa shape index (κ2) is 8.21. The van der Waals surface area contributed by atoms with Crippen LogP contribution in [-0.2, 0) is 4.79 Å². The molecule has 6 heteroatoms. The molecule has 3 N–H and O–H groups in total. The van der Waals surface area contributed by atoms with Crippen LogP contribution in [0.5, 0.6) is 0 Å². The van der Waals surface area contributed by atoms with Crippen LogP contribution in [0.25, 0.3) is 0 Å². The van der Waals surface area contributed by atoms with Gasteiger partial charge in [0.2, 0.25) is 5.91 Å². The van der Waals surface area contributed by atoms with Crippen LogP contribution in [0.4, 0.5) is 0 Å². The van der Waals surface area contributed by atoms with E-state index in [4.69, 9.17) is 18.0 Å². The van der Waals surface area contributed by atoms with Gasteiger partial charge in [0.1, 0.15) is 0 Å². The van der Waals surface area contributed by atoms with Crippen LogP contribution in [0.1, 0.15) is 19.8 Å². The van der Waals surface area contributed by atoms with Gasteiger partial charge in [-0.3, -0.25) is 4.79 Å². The molecule has 0 aromatic heterocycles. The van der Waals surface area contributed by atoms with Gasteiger partial charge >= 0.3 is 0 Å². The molecule has 1 aliphatic rings. The number of carbonyl (C=O) groups is 1. The summed E-state index contributed by atoms with van der Waals surface area (Å²) in [5.74, 6) is 3.22. The first-order chi connectivity index (χ1) is 8.15. The predicted octanol–water partition coefficient (Wildman–Crippen LogP) is 1.65. The molecule has 0 aromatic rings. The van der Waals surface area contributed by atoms with Crippen molar-refractivity contribution in [2.45, 2.75) is 25.0 Å². The van der Waals surface area contributed by atoms with Gasteiger partial charge in [-0.25, -0.2) is 0 Å². The topological polar surface area (TPSA) is 55.1 Å². The van der Waals surface area contributed by atoms with E-state index in [1.165, 1.54) is 11.5 Å². The van der Waals surface area contributed by atoms with Crippen molar-refractivity contribution in [3.63, 3.8) is 0 Å². The van der Waals surface area contributed by atoms with Gasteiger partial charge in [0.25, 0.3) is 0 Å². The van der Waals surface area contributed by atoms with Crippen molar-refractivity contribution < 1.29 is 4.79 Å². The molecule has 1 heterocycles. The Morgan fingerprint density at radius 1 is 1.59 bits per heavy atom. The number of amides is 1. The van der Waals surface area contributed by atoms with E-state index in [0.29, 0.717) is 10.2 Å². The zero-order valence-electron chi connectivity index (χ0n) is 10.1. The van der Waals surface area contributed by atoms with Crippen LogP contribution in [-0.4, -0.2) is 39.9 Å². The van der Waals surface area contributed by atoms with Crippen molar-refractivity contribution in [2.24, 2.45) is 11.7 Å². The van der Waals surface area contributed by atoms with Crippen molar-refractivity contribution >= 4 is 46.6 Å². The number of hydrogen-bond donors (Lipinski definition) is 2. The van der Waals surface area contributed by atoms with Crippen LogP contribution in [0.2, 0.25) is 0 Å². The van der Waals surface area contributed by atoms with E-state index in [1.807, 2.05) is 30.4 Å². The van der Waals surface area contributed by atoms with E-state index >= 15 is 0 Å². The molecule has 98 valence electrons. The third-order valence-corrected chi connectivity index (χ3v) is 5.76. The number of carbonyl (C=O) groups excluding carboxylic acids is 1. The first kappa shape index (κ1) is 15.1. The van der Waals surface area contributed by atoms with Crippen LogP contribution in [0.3, 0.4) is 0 Å². The van der Waals surface area contributed by atoms with Crippen LogP contribution < -0.4 is 11.1 Å². The zero-order valence-corrected chi connectivity index (χ0v) is 12.6. The molecule has 0 radical (unpaired) electrons. The van der Waals surface area contributed by atoms with E-state index in [2.05, 4.69) is 5.32 Å². The minimum Gasteiger partial charge on any atom is -0.393 e. The lowest BCUT2D eigenvalue weighted by atomic mass is 10.0. The van der Waals surface area contributed by atoms with Crippen LogP contribution in [0, 0.1) is 5.92 Å². The number of nitrogens with one attached hydrogen (secondary N) is 1. The Labute approximate surface area is 117 Å². The number of hydrogen-bond acceptors (Lipinski definition) is 4. The van der Waals surface area contributed by atoms with E-state index < -0.39 is 0 Å². The van der Waals surface area contributed by atoms with Crippen molar-refractivity contribution in [1.82, 2.24) is 5.32 Å². The van der Waals surface area contributed by atoms with Gasteiger partial charge in [0, 0.05) is 29.1 Å². The van der Waals surface area contributed by atoms with Crippen LogP contribution >= 0.6 is 35.7 Å². The summed E-state index contributed by atoms with van der Waals surface area (Å²) >= 11 is 8.83. The number of thiocarbonyl (C=S) groups is 1. The molecular formula is C11H20N2OS3. The summed E-state index contributed by atoms with van der Waals surface area (Å²) in [5, 5.41) is 3.51. The summed E-state index contributed by atoms with van der Waals surface area (Å²) in [6.07, 6.45) is 1.66. The maximum absolute atomic E-state index is 11.9. The van der Waals surface area contributed by atoms with E-state index in [9.17, 15) is 4.79 Å². The molecule has 0 bridgehead atoms. The molecule has 0 aliphatic carbocycles. The average molecular weight is 292 g/mol. The lowest BCUT2D eigenvalue weighted by Gasteiger charge is -2.22. The molecular weight excluding hydrogens is 272 g/mol. The molecule has 1 saturated heterocycles. The summed E-state index contributed by atoms with van der Waals surface area (Å²) in [4.78, 5) is 12.2. The maximum atomic E-state index is 11.9. The lowest BCUT2D eigenvalue weighted by Crippen LogP contribution is -2.41. The SMILES string of the molecule is CCCC(C(=O)NCC1CSCCS1)C(N)=S. The maximum Gasteiger partial charge on any atom is 0.229 e. The van der Waals surface area contributed by atoms with Crippen molar-refractivity contribution in [3.8, 4) is 0 Å². The highest BCUT2D eigenvalue weighted by Gasteiger charge is 2.22. The van der Waals surface area contributed by atoms with Gasteiger partial charge in [0.15, 0.2) is 0 Å². The highest BCUT2D eigenvalue weighted by molar-refractivity contribution is 8.06. The first-order valence-corrected chi connectivity index (χ1v) is 8.52. The van der Waals surface area contributed by atoms with Crippen LogP contribution in [0.15, 0.2) is 0 Å². The Morgan fingerprint density at radius 2 is 2.35 bits per heavy atom. The third kappa shape index (κ3) is 5.48. The molecule has 1 rings (SSSR count). The van der Waals surface area contributed by atoms with Crippen molar-refractivity contribution in [3.05, 3.63) is 0 Å². The molecule has 17 heavy (non-hydrogen) atoms. The Balaban J connectivity index is 2.33. The normalized spacial score (nSPS) is 21.8. The summed E-state index contributed by atoms with van der Waals surface area (Å²) in [7, 11) is 0. The summed E-state index contributed by atoms with van der Waals surface area (Å²) in [5.41, 5.74) is 5.59. The molecule has 0 spiro atoms. The Bertz CT molecular complexity index is 267. The molecule has 0 saturated carbocycles. The first-order valence-electron chi connectivity index (χ1n) is 5.91. The molecule has 1 fully saturated rings. The van der Waals surface area contributed by atoms with Gasteiger partial charge in [-0.15, -0.1) is 0 Å². The second-order valence-corrected chi connectivity index (χ2v) is 7.09. The average Bonchev–Trinajstić information content (AvgIpc) is 2.34. The predicted molar refractivity (Wildman–Crippen MR) is 81.8 cm³/mol. The molecule has 1 aliphatic heterocycles. The lowest BCUT2D eigenvalue weighted by molar-refractivity contribution is -0.123. The third-order valence-electron chi connectivity index (χ3n) is 2.63. The molecule has 2 unspecified atom stereocenters. The fraction of sp³-hybridized carbons (Fsp3) is 0.818. The largest absolute Gasteiger partial charge is 0.393 e. The monoisotopic (exact) mass is 292 g/mol. The molecule has 1 amide bonds. The highest BCUT2D eigenvalue weighted by Crippen LogP contribution is 2.23. The highest BCUT2D eigenvalue weighted by atomic mass is 32.2. The Hall–Kier alpha value is 0.0600. The fourth-order valence-corrected chi connectivity index (χ4v) is 4.52. The number of nitrogens with two attached hydrogens (primary N) is 1. The zero-order chi connectivity index (χ0) is 12.7. The second-order valence-electron chi connectivity index (χ2n) is 4.06. The fourth-order valence-electron chi connectivity index (χ4n) is 1.68. The minimum absolute atomic E-state index is 0.00414. The smallest absolute Gasteiger partial charge is 0.229 e. The van der Waals surface area contributed by atoms with E-state index in [-0.39, 0.29) is 11.8 Å². The van der Waals surface area contributed by atoms with Crippen molar-refractivity contribution in [1.29, 1.82) is 0 Å². The van der Waals surface area contributed by atoms with Gasteiger partial charge in [0.05, 0.1) is 10.9 Å². The molecule has 0 aromatic carbocycles. The van der Waals surface area contributed by atoms with Gasteiger partial charge < -0.3 is 11.1 Å². The van der Waals surface area contributed by atoms with E-state index in [0.717, 1.165) is 25.1 Å².